The predicted octanol–water partition coefficient (Wildman–Crippen LogP) is 2.07. The molecule has 0 aliphatic rings. The van der Waals surface area contributed by atoms with Crippen LogP contribution >= 0.6 is 0 Å². The molecule has 0 aromatic carbocycles. The maximum absolute atomic E-state index is 11.5. The van der Waals surface area contributed by atoms with Crippen LogP contribution in [0.4, 0.5) is 5.69 Å². The normalized spacial score (nSPS) is 11.5. The molecule has 1 aromatic rings. The van der Waals surface area contributed by atoms with Gasteiger partial charge in [0, 0.05) is 11.1 Å². The molecular weight excluding hydrogens is 192 g/mol. The molecular formula is C11H18N2O2. The van der Waals surface area contributed by atoms with Gasteiger partial charge in [-0.1, -0.05) is 20.8 Å². The Morgan fingerprint density at radius 2 is 2.13 bits per heavy atom. The van der Waals surface area contributed by atoms with Crippen molar-refractivity contribution < 1.29 is 9.53 Å². The topological polar surface area (TPSA) is 68.1 Å². The lowest BCUT2D eigenvalue weighted by molar-refractivity contribution is 0.0521. The van der Waals surface area contributed by atoms with Crippen LogP contribution in [0.5, 0.6) is 0 Å². The number of ether oxygens (including phenoxy) is 1. The molecule has 1 aromatic heterocycles. The van der Waals surface area contributed by atoms with Crippen LogP contribution in [0.3, 0.4) is 0 Å². The number of aromatic nitrogens is 1. The van der Waals surface area contributed by atoms with Crippen molar-refractivity contribution in [3.63, 3.8) is 0 Å². The highest BCUT2D eigenvalue weighted by atomic mass is 16.5. The van der Waals surface area contributed by atoms with E-state index in [0.29, 0.717) is 18.0 Å². The highest BCUT2D eigenvalue weighted by Gasteiger charge is 2.21. The van der Waals surface area contributed by atoms with Gasteiger partial charge in [-0.15, -0.1) is 0 Å². The van der Waals surface area contributed by atoms with Gasteiger partial charge in [0.2, 0.25) is 0 Å². The van der Waals surface area contributed by atoms with E-state index in [1.807, 2.05) is 20.8 Å². The SMILES string of the molecule is CCOC(=O)c1[nH]c(C(C)(C)C)cc1N. The van der Waals surface area contributed by atoms with Crippen LogP contribution in [0.2, 0.25) is 0 Å². The highest BCUT2D eigenvalue weighted by Crippen LogP contribution is 2.25. The van der Waals surface area contributed by atoms with Crippen molar-refractivity contribution in [2.45, 2.75) is 33.1 Å². The van der Waals surface area contributed by atoms with Crippen LogP contribution < -0.4 is 5.73 Å². The molecule has 84 valence electrons. The molecule has 0 saturated heterocycles. The molecule has 0 atom stereocenters. The summed E-state index contributed by atoms with van der Waals surface area (Å²) in [5, 5.41) is 0. The maximum Gasteiger partial charge on any atom is 0.356 e. The summed E-state index contributed by atoms with van der Waals surface area (Å²) >= 11 is 0. The first-order valence-electron chi connectivity index (χ1n) is 5.02. The summed E-state index contributed by atoms with van der Waals surface area (Å²) in [6.45, 7) is 8.26. The van der Waals surface area contributed by atoms with Crippen LogP contribution in [0, 0.1) is 0 Å². The zero-order valence-electron chi connectivity index (χ0n) is 9.68. The van der Waals surface area contributed by atoms with Crippen molar-refractivity contribution >= 4 is 11.7 Å². The number of nitrogens with one attached hydrogen (secondary N) is 1. The number of carbonyl (C=O) groups excluding carboxylic acids is 1. The number of nitrogens with two attached hydrogens (primary N) is 1. The van der Waals surface area contributed by atoms with Gasteiger partial charge in [0.25, 0.3) is 0 Å². The van der Waals surface area contributed by atoms with Crippen molar-refractivity contribution in [1.29, 1.82) is 0 Å². The fraction of sp³-hybridized carbons (Fsp3) is 0.545. The van der Waals surface area contributed by atoms with Crippen molar-refractivity contribution in [2.75, 3.05) is 12.3 Å². The van der Waals surface area contributed by atoms with E-state index in [-0.39, 0.29) is 5.41 Å². The molecule has 3 N–H and O–H groups in total. The molecule has 0 fully saturated rings. The van der Waals surface area contributed by atoms with Crippen molar-refractivity contribution in [2.24, 2.45) is 0 Å². The van der Waals surface area contributed by atoms with Crippen molar-refractivity contribution in [1.82, 2.24) is 4.98 Å². The minimum Gasteiger partial charge on any atom is -0.461 e. The fourth-order valence-electron chi connectivity index (χ4n) is 1.25. The third-order valence-corrected chi connectivity index (χ3v) is 2.14. The number of rotatable bonds is 2. The van der Waals surface area contributed by atoms with Gasteiger partial charge in [-0.05, 0) is 13.0 Å². The van der Waals surface area contributed by atoms with Crippen LogP contribution in [0.1, 0.15) is 43.9 Å². The number of H-pyrrole nitrogens is 1. The zero-order valence-corrected chi connectivity index (χ0v) is 9.68. The molecule has 0 unspecified atom stereocenters. The third-order valence-electron chi connectivity index (χ3n) is 2.14. The van der Waals surface area contributed by atoms with E-state index in [2.05, 4.69) is 4.98 Å². The minimum absolute atomic E-state index is 0.0567. The van der Waals surface area contributed by atoms with E-state index in [1.165, 1.54) is 0 Å². The smallest absolute Gasteiger partial charge is 0.356 e. The van der Waals surface area contributed by atoms with Crippen LogP contribution in [-0.2, 0) is 10.2 Å². The van der Waals surface area contributed by atoms with Crippen LogP contribution in [0.25, 0.3) is 0 Å². The van der Waals surface area contributed by atoms with Crippen molar-refractivity contribution in [3.8, 4) is 0 Å². The average molecular weight is 210 g/mol. The molecule has 0 aliphatic carbocycles. The van der Waals surface area contributed by atoms with Gasteiger partial charge in [-0.3, -0.25) is 0 Å². The Kier molecular flexibility index (Phi) is 3.07. The molecule has 0 amide bonds. The van der Waals surface area contributed by atoms with Gasteiger partial charge in [0.1, 0.15) is 5.69 Å². The summed E-state index contributed by atoms with van der Waals surface area (Å²) in [5.41, 5.74) is 7.41. The first-order chi connectivity index (χ1) is 6.86. The largest absolute Gasteiger partial charge is 0.461 e. The van der Waals surface area contributed by atoms with E-state index in [1.54, 1.807) is 13.0 Å². The quantitative estimate of drug-likeness (QED) is 0.734. The average Bonchev–Trinajstić information content (AvgIpc) is 2.47. The summed E-state index contributed by atoms with van der Waals surface area (Å²) < 4.78 is 4.88. The Balaban J connectivity index is 3.02. The lowest BCUT2D eigenvalue weighted by Gasteiger charge is -2.15. The number of hydrogen-bond acceptors (Lipinski definition) is 3. The molecule has 1 rings (SSSR count). The monoisotopic (exact) mass is 210 g/mol. The lowest BCUT2D eigenvalue weighted by atomic mass is 9.92. The number of esters is 1. The van der Waals surface area contributed by atoms with E-state index in [9.17, 15) is 4.79 Å². The standard InChI is InChI=1S/C11H18N2O2/c1-5-15-10(14)9-7(12)6-8(13-9)11(2,3)4/h6,13H,5,12H2,1-4H3. The number of hydrogen-bond donors (Lipinski definition) is 2. The van der Waals surface area contributed by atoms with Crippen molar-refractivity contribution in [3.05, 3.63) is 17.5 Å². The van der Waals surface area contributed by atoms with Gasteiger partial charge < -0.3 is 15.5 Å². The van der Waals surface area contributed by atoms with E-state index in [4.69, 9.17) is 10.5 Å². The number of nitrogen functional groups attached to an aromatic ring is 1. The second-order valence-electron chi connectivity index (χ2n) is 4.48. The second kappa shape index (κ2) is 3.96. The molecule has 0 radical (unpaired) electrons. The molecule has 0 aliphatic heterocycles. The Hall–Kier alpha value is -1.45. The van der Waals surface area contributed by atoms with E-state index in [0.717, 1.165) is 5.69 Å². The van der Waals surface area contributed by atoms with Gasteiger partial charge in [-0.2, -0.15) is 0 Å². The predicted molar refractivity (Wildman–Crippen MR) is 59.9 cm³/mol. The molecule has 0 spiro atoms. The summed E-state index contributed by atoms with van der Waals surface area (Å²) in [6, 6.07) is 1.78. The van der Waals surface area contributed by atoms with E-state index >= 15 is 0 Å². The van der Waals surface area contributed by atoms with Gasteiger partial charge in [0.15, 0.2) is 0 Å². The van der Waals surface area contributed by atoms with Gasteiger partial charge >= 0.3 is 5.97 Å². The maximum atomic E-state index is 11.5. The van der Waals surface area contributed by atoms with Crippen LogP contribution in [-0.4, -0.2) is 17.6 Å². The molecule has 15 heavy (non-hydrogen) atoms. The molecule has 4 nitrogen and oxygen atoms in total. The summed E-state index contributed by atoms with van der Waals surface area (Å²) in [6.07, 6.45) is 0. The Morgan fingerprint density at radius 3 is 2.53 bits per heavy atom. The number of aromatic amines is 1. The zero-order chi connectivity index (χ0) is 11.6. The summed E-state index contributed by atoms with van der Waals surface area (Å²) in [5.74, 6) is -0.398. The summed E-state index contributed by atoms with van der Waals surface area (Å²) in [7, 11) is 0. The number of anilines is 1. The Labute approximate surface area is 89.8 Å². The van der Waals surface area contributed by atoms with Crippen LogP contribution in [0.15, 0.2) is 6.07 Å². The fourth-order valence-corrected chi connectivity index (χ4v) is 1.25. The second-order valence-corrected chi connectivity index (χ2v) is 4.48. The number of carbonyl (C=O) groups is 1. The molecule has 0 bridgehead atoms. The van der Waals surface area contributed by atoms with Gasteiger partial charge in [-0.25, -0.2) is 4.79 Å². The summed E-state index contributed by atoms with van der Waals surface area (Å²) in [4.78, 5) is 14.5. The third kappa shape index (κ3) is 2.52. The Bertz CT molecular complexity index is 361. The Morgan fingerprint density at radius 1 is 1.53 bits per heavy atom. The first kappa shape index (κ1) is 11.6. The highest BCUT2D eigenvalue weighted by molar-refractivity contribution is 5.93. The molecule has 4 heteroatoms. The van der Waals surface area contributed by atoms with Gasteiger partial charge in [0.05, 0.1) is 12.3 Å². The van der Waals surface area contributed by atoms with E-state index < -0.39 is 5.97 Å². The lowest BCUT2D eigenvalue weighted by Crippen LogP contribution is -2.13. The first-order valence-corrected chi connectivity index (χ1v) is 5.02. The molecule has 0 saturated carbocycles. The minimum atomic E-state index is -0.398. The molecule has 1 heterocycles.